The molecule has 2 aliphatic rings. The smallest absolute Gasteiger partial charge is 0.0132 e. The Bertz CT molecular complexity index is 2130. The molecule has 0 saturated carbocycles. The summed E-state index contributed by atoms with van der Waals surface area (Å²) in [6.07, 6.45) is 5.90. The molecule has 0 saturated heterocycles. The Hall–Kier alpha value is -2.26. The van der Waals surface area contributed by atoms with Gasteiger partial charge in [-0.1, -0.05) is 164 Å². The fraction of sp³-hybridized carbons (Fsp3) is 0.327. The molecular formula is C49H56Cl2SSiZr-2. The van der Waals surface area contributed by atoms with Gasteiger partial charge in [0.15, 0.2) is 0 Å². The minimum Gasteiger partial charge on any atom is -1.00 e. The molecule has 5 aromatic carbocycles. The van der Waals surface area contributed by atoms with Gasteiger partial charge in [-0.3, -0.25) is 0 Å². The number of aryl methyl sites for hydroxylation is 1. The van der Waals surface area contributed by atoms with Crippen LogP contribution in [0.5, 0.6) is 0 Å². The fourth-order valence-corrected chi connectivity index (χ4v) is 7.92. The summed E-state index contributed by atoms with van der Waals surface area (Å²) >= 11 is 3.68. The van der Waals surface area contributed by atoms with Gasteiger partial charge < -0.3 is 24.8 Å². The second-order valence-electron chi connectivity index (χ2n) is 16.9. The Kier molecular flexibility index (Phi) is 16.4. The Balaban J connectivity index is 0.000000279. The molecule has 0 bridgehead atoms. The fourth-order valence-electron chi connectivity index (χ4n) is 6.71. The summed E-state index contributed by atoms with van der Waals surface area (Å²) in [7, 11) is 0. The van der Waals surface area contributed by atoms with Gasteiger partial charge in [-0.05, 0) is 51.5 Å². The van der Waals surface area contributed by atoms with Crippen LogP contribution >= 0.6 is 11.8 Å². The first-order chi connectivity index (χ1) is 24.4. The molecular weight excluding hydrogens is 811 g/mol. The quantitative estimate of drug-likeness (QED) is 0.129. The van der Waals surface area contributed by atoms with Crippen LogP contribution in [0.25, 0.3) is 38.6 Å². The summed E-state index contributed by atoms with van der Waals surface area (Å²) in [5.74, 6) is 0.559. The number of rotatable bonds is 4. The minimum atomic E-state index is 0. The van der Waals surface area contributed by atoms with E-state index in [1.165, 1.54) is 76.9 Å². The number of hydrogen-bond donors (Lipinski definition) is 0. The Morgan fingerprint density at radius 2 is 1.24 bits per heavy atom. The third-order valence-electron chi connectivity index (χ3n) is 9.61. The van der Waals surface area contributed by atoms with Gasteiger partial charge in [0, 0.05) is 5.25 Å². The number of fused-ring (bicyclic) bond motifs is 2. The van der Waals surface area contributed by atoms with Crippen LogP contribution in [0.2, 0.25) is 13.1 Å². The zero-order valence-corrected chi connectivity index (χ0v) is 40.0. The van der Waals surface area contributed by atoms with Crippen LogP contribution in [0.15, 0.2) is 125 Å². The predicted molar refractivity (Wildman–Crippen MR) is 230 cm³/mol. The number of thioether (sulfide) groups is 1. The molecule has 1 heterocycles. The number of hydrogen-bond acceptors (Lipinski definition) is 1. The van der Waals surface area contributed by atoms with E-state index < -0.39 is 0 Å². The second kappa shape index (κ2) is 19.3. The molecule has 0 N–H and O–H groups in total. The number of allylic oxidation sites excluding steroid dienone is 4. The Labute approximate surface area is 359 Å². The van der Waals surface area contributed by atoms with Crippen molar-refractivity contribution in [2.24, 2.45) is 5.92 Å². The maximum Gasteiger partial charge on any atom is -0.0132 e. The van der Waals surface area contributed by atoms with Crippen molar-refractivity contribution >= 4 is 33.5 Å². The molecule has 0 spiro atoms. The molecule has 282 valence electrons. The number of halogens is 2. The van der Waals surface area contributed by atoms with Crippen molar-refractivity contribution in [1.29, 1.82) is 0 Å². The van der Waals surface area contributed by atoms with E-state index in [1.807, 2.05) is 11.8 Å². The molecule has 0 radical (unpaired) electrons. The van der Waals surface area contributed by atoms with Gasteiger partial charge in [-0.15, -0.1) is 45.1 Å². The first kappa shape index (κ1) is 46.1. The average Bonchev–Trinajstić information content (AvgIpc) is 3.75. The van der Waals surface area contributed by atoms with E-state index in [0.717, 1.165) is 0 Å². The second-order valence-corrected chi connectivity index (χ2v) is 27.6. The van der Waals surface area contributed by atoms with Crippen LogP contribution in [-0.4, -0.2) is 10.7 Å². The summed E-state index contributed by atoms with van der Waals surface area (Å²) in [4.78, 5) is 1.34. The van der Waals surface area contributed by atoms with Crippen LogP contribution in [0.1, 0.15) is 84.6 Å². The molecule has 1 atom stereocenters. The van der Waals surface area contributed by atoms with Crippen LogP contribution in [-0.2, 0) is 34.2 Å². The van der Waals surface area contributed by atoms with Crippen molar-refractivity contribution in [2.75, 3.05) is 0 Å². The summed E-state index contributed by atoms with van der Waals surface area (Å²) in [5.41, 5.74) is 15.3. The largest absolute Gasteiger partial charge is 1.00 e. The van der Waals surface area contributed by atoms with Crippen molar-refractivity contribution in [3.05, 3.63) is 154 Å². The van der Waals surface area contributed by atoms with Crippen LogP contribution in [0, 0.1) is 18.9 Å². The molecule has 7 rings (SSSR count). The van der Waals surface area contributed by atoms with Crippen LogP contribution < -0.4 is 24.8 Å². The van der Waals surface area contributed by atoms with Crippen LogP contribution in [0.4, 0.5) is 0 Å². The van der Waals surface area contributed by atoms with Crippen LogP contribution in [0.3, 0.4) is 0 Å². The van der Waals surface area contributed by atoms with Gasteiger partial charge in [0.25, 0.3) is 0 Å². The minimum absolute atomic E-state index is 0. The summed E-state index contributed by atoms with van der Waals surface area (Å²) in [5, 5.41) is 3.20. The van der Waals surface area contributed by atoms with Crippen molar-refractivity contribution in [2.45, 2.75) is 98.4 Å². The summed E-state index contributed by atoms with van der Waals surface area (Å²) in [6.45, 7) is 27.1. The van der Waals surface area contributed by atoms with Gasteiger partial charge in [0.2, 0.25) is 0 Å². The Morgan fingerprint density at radius 3 is 1.74 bits per heavy atom. The predicted octanol–water partition coefficient (Wildman–Crippen LogP) is 8.45. The Morgan fingerprint density at radius 1 is 0.722 bits per heavy atom. The molecule has 0 fully saturated rings. The summed E-state index contributed by atoms with van der Waals surface area (Å²) in [6, 6.07) is 38.3. The van der Waals surface area contributed by atoms with Gasteiger partial charge >= 0.3 is 41.9 Å². The van der Waals surface area contributed by atoms with Crippen molar-refractivity contribution in [3.8, 4) is 22.3 Å². The van der Waals surface area contributed by atoms with E-state index in [2.05, 4.69) is 198 Å². The van der Waals surface area contributed by atoms with Gasteiger partial charge in [0.1, 0.15) is 0 Å². The van der Waals surface area contributed by atoms with Crippen molar-refractivity contribution in [3.63, 3.8) is 0 Å². The molecule has 0 amide bonds. The van der Waals surface area contributed by atoms with E-state index in [-0.39, 0.29) is 41.1 Å². The monoisotopic (exact) mass is 864 g/mol. The SMILES string of the molecule is CC(C)C1=CC2=C(c3ccccc3)C(C)SC2=[C-]1.C[Si](C)=[Zr+2].Cc1cc2c(-c3ccc(C(C)(C)C)cc3)cc(-c3ccc(C(C)(C)C)cc3)cc2[cH-]1.[Cl-].[Cl-]. The van der Waals surface area contributed by atoms with E-state index in [1.54, 1.807) is 23.3 Å². The third kappa shape index (κ3) is 11.4. The maximum absolute atomic E-state index is 3.57. The molecule has 1 unspecified atom stereocenters. The van der Waals surface area contributed by atoms with E-state index >= 15 is 0 Å². The number of benzene rings is 4. The van der Waals surface area contributed by atoms with Crippen molar-refractivity contribution in [1.82, 2.24) is 0 Å². The third-order valence-corrected chi connectivity index (χ3v) is 10.8. The molecule has 0 aromatic heterocycles. The zero-order chi connectivity index (χ0) is 38.0. The summed E-state index contributed by atoms with van der Waals surface area (Å²) < 4.78 is 0. The molecule has 54 heavy (non-hydrogen) atoms. The molecule has 0 nitrogen and oxygen atoms in total. The first-order valence-corrected chi connectivity index (χ1v) is 25.8. The molecule has 5 heteroatoms. The molecule has 5 aromatic rings. The normalized spacial score (nSPS) is 14.9. The van der Waals surface area contributed by atoms with Gasteiger partial charge in [-0.25, -0.2) is 6.08 Å². The zero-order valence-electron chi connectivity index (χ0n) is 34.2. The standard InChI is InChI=1S/C30H33.C17H17S.C2H6Si.2ClH.Zr/c1-20-16-24-18-23(21-8-12-25(13-9-21)29(2,3)4)19-28(27(24)17-20)22-10-14-26(15-11-22)30(5,6)7;1-11(2)14-9-15-16(10-14)18-12(3)17(15)13-7-5-4-6-8-13;1-3-2;;;/h8-19H,1-7H3;4-9,11-12H,1-3H3;1-2H3;2*1H;/q2*-1;;;;+2/p-2. The molecule has 1 aliphatic heterocycles. The first-order valence-electron chi connectivity index (χ1n) is 18.7. The van der Waals surface area contributed by atoms with E-state index in [4.69, 9.17) is 0 Å². The van der Waals surface area contributed by atoms with Gasteiger partial charge in [0.05, 0.1) is 0 Å². The van der Waals surface area contributed by atoms with Gasteiger partial charge in [-0.2, -0.15) is 23.3 Å². The van der Waals surface area contributed by atoms with E-state index in [0.29, 0.717) is 11.2 Å². The average molecular weight is 867 g/mol. The van der Waals surface area contributed by atoms with E-state index in [9.17, 15) is 0 Å². The maximum atomic E-state index is 3.57. The topological polar surface area (TPSA) is 0 Å². The van der Waals surface area contributed by atoms with Crippen molar-refractivity contribution < 1.29 is 48.1 Å². The molecule has 1 aliphatic carbocycles.